The van der Waals surface area contributed by atoms with E-state index in [0.717, 1.165) is 16.9 Å². The van der Waals surface area contributed by atoms with Crippen LogP contribution in [0.15, 0.2) is 64.2 Å². The number of thioether (sulfide) groups is 1. The van der Waals surface area contributed by atoms with Crippen LogP contribution in [-0.2, 0) is 0 Å². The number of nitrogens with zero attached hydrogens (tertiary/aromatic N) is 2. The second-order valence-electron chi connectivity index (χ2n) is 5.33. The summed E-state index contributed by atoms with van der Waals surface area (Å²) in [6, 6.07) is 17.3. The fraction of sp³-hybridized carbons (Fsp3) is 0.222. The van der Waals surface area contributed by atoms with E-state index in [9.17, 15) is 5.11 Å². The molecular weight excluding hydrogens is 324 g/mol. The molecule has 1 atom stereocenters. The van der Waals surface area contributed by atoms with Gasteiger partial charge in [0.05, 0.1) is 6.10 Å². The molecule has 3 rings (SSSR count). The molecule has 124 valence electrons. The number of hydrogen-bond donors (Lipinski definition) is 1. The van der Waals surface area contributed by atoms with E-state index in [1.54, 1.807) is 0 Å². The van der Waals surface area contributed by atoms with Gasteiger partial charge >= 0.3 is 0 Å². The van der Waals surface area contributed by atoms with Gasteiger partial charge in [0.15, 0.2) is 0 Å². The van der Waals surface area contributed by atoms with Crippen molar-refractivity contribution < 1.29 is 14.3 Å². The van der Waals surface area contributed by atoms with Crippen LogP contribution in [0.2, 0.25) is 0 Å². The molecule has 1 aromatic heterocycles. The Morgan fingerprint density at radius 2 is 1.96 bits per heavy atom. The van der Waals surface area contributed by atoms with E-state index in [-0.39, 0.29) is 6.61 Å². The fourth-order valence-corrected chi connectivity index (χ4v) is 2.75. The van der Waals surface area contributed by atoms with E-state index in [4.69, 9.17) is 9.15 Å². The van der Waals surface area contributed by atoms with E-state index in [0.29, 0.717) is 16.9 Å². The zero-order chi connectivity index (χ0) is 16.8. The van der Waals surface area contributed by atoms with Crippen molar-refractivity contribution in [1.82, 2.24) is 10.2 Å². The molecule has 0 unspecified atom stereocenters. The van der Waals surface area contributed by atoms with E-state index in [1.807, 2.05) is 61.5 Å². The summed E-state index contributed by atoms with van der Waals surface area (Å²) >= 11 is 1.31. The van der Waals surface area contributed by atoms with E-state index in [1.165, 1.54) is 11.8 Å². The van der Waals surface area contributed by atoms with Gasteiger partial charge in [-0.3, -0.25) is 0 Å². The summed E-state index contributed by atoms with van der Waals surface area (Å²) in [5, 5.41) is 18.5. The molecule has 1 N–H and O–H groups in total. The number of aromatic nitrogens is 2. The second-order valence-corrected chi connectivity index (χ2v) is 6.30. The third-order valence-corrected chi connectivity index (χ3v) is 4.22. The molecule has 0 fully saturated rings. The first-order valence-electron chi connectivity index (χ1n) is 7.60. The molecule has 0 radical (unpaired) electrons. The van der Waals surface area contributed by atoms with Crippen molar-refractivity contribution in [2.75, 3.05) is 12.4 Å². The molecule has 0 aliphatic rings. The molecule has 0 saturated carbocycles. The summed E-state index contributed by atoms with van der Waals surface area (Å²) in [4.78, 5) is 0. The van der Waals surface area contributed by atoms with Crippen molar-refractivity contribution in [1.29, 1.82) is 0 Å². The van der Waals surface area contributed by atoms with Gasteiger partial charge in [0.1, 0.15) is 12.4 Å². The first-order chi connectivity index (χ1) is 11.7. The molecule has 2 aromatic carbocycles. The zero-order valence-corrected chi connectivity index (χ0v) is 14.1. The number of hydrogen-bond acceptors (Lipinski definition) is 6. The van der Waals surface area contributed by atoms with Gasteiger partial charge < -0.3 is 14.3 Å². The van der Waals surface area contributed by atoms with Gasteiger partial charge in [-0.15, -0.1) is 10.2 Å². The number of aliphatic hydroxyl groups is 1. The van der Waals surface area contributed by atoms with Crippen LogP contribution < -0.4 is 4.74 Å². The van der Waals surface area contributed by atoms with Gasteiger partial charge in [-0.25, -0.2) is 0 Å². The Kier molecular flexibility index (Phi) is 5.51. The SMILES string of the molecule is Cc1cccc(OC[C@@H](O)CSc2nnc(-c3ccccc3)o2)c1. The summed E-state index contributed by atoms with van der Waals surface area (Å²) in [7, 11) is 0. The minimum absolute atomic E-state index is 0.218. The molecular formula is C18H18N2O3S. The maximum Gasteiger partial charge on any atom is 0.276 e. The number of rotatable bonds is 7. The second kappa shape index (κ2) is 7.99. The Bertz CT molecular complexity index is 777. The monoisotopic (exact) mass is 342 g/mol. The third-order valence-electron chi connectivity index (χ3n) is 3.26. The highest BCUT2D eigenvalue weighted by Gasteiger charge is 2.12. The van der Waals surface area contributed by atoms with Crippen molar-refractivity contribution in [2.45, 2.75) is 18.3 Å². The minimum Gasteiger partial charge on any atom is -0.491 e. The lowest BCUT2D eigenvalue weighted by Gasteiger charge is -2.11. The average molecular weight is 342 g/mol. The van der Waals surface area contributed by atoms with Crippen LogP contribution in [0.5, 0.6) is 5.75 Å². The summed E-state index contributed by atoms with van der Waals surface area (Å²) < 4.78 is 11.2. The topological polar surface area (TPSA) is 68.4 Å². The van der Waals surface area contributed by atoms with Gasteiger partial charge in [-0.05, 0) is 36.8 Å². The number of aliphatic hydroxyl groups excluding tert-OH is 1. The van der Waals surface area contributed by atoms with Crippen molar-refractivity contribution in [3.63, 3.8) is 0 Å². The average Bonchev–Trinajstić information content (AvgIpc) is 3.08. The predicted molar refractivity (Wildman–Crippen MR) is 93.1 cm³/mol. The number of ether oxygens (including phenoxy) is 1. The van der Waals surface area contributed by atoms with Crippen molar-refractivity contribution >= 4 is 11.8 Å². The van der Waals surface area contributed by atoms with Crippen LogP contribution in [0.4, 0.5) is 0 Å². The predicted octanol–water partition coefficient (Wildman–Crippen LogP) is 3.58. The maximum atomic E-state index is 10.0. The van der Waals surface area contributed by atoms with E-state index < -0.39 is 6.10 Å². The molecule has 0 aliphatic carbocycles. The first kappa shape index (κ1) is 16.5. The zero-order valence-electron chi connectivity index (χ0n) is 13.3. The van der Waals surface area contributed by atoms with Crippen LogP contribution >= 0.6 is 11.8 Å². The number of benzene rings is 2. The minimum atomic E-state index is -0.623. The van der Waals surface area contributed by atoms with Crippen LogP contribution in [0.3, 0.4) is 0 Å². The van der Waals surface area contributed by atoms with Gasteiger partial charge in [0.25, 0.3) is 5.22 Å². The van der Waals surface area contributed by atoms with Crippen molar-refractivity contribution in [2.24, 2.45) is 0 Å². The molecule has 0 bridgehead atoms. The fourth-order valence-electron chi connectivity index (χ4n) is 2.08. The van der Waals surface area contributed by atoms with Crippen LogP contribution in [0.25, 0.3) is 11.5 Å². The standard InChI is InChI=1S/C18H18N2O3S/c1-13-6-5-9-16(10-13)22-11-15(21)12-24-18-20-19-17(23-18)14-7-3-2-4-8-14/h2-10,15,21H,11-12H2,1H3/t15-/m1/s1. The Morgan fingerprint density at radius 3 is 2.75 bits per heavy atom. The molecule has 0 amide bonds. The molecule has 6 heteroatoms. The lowest BCUT2D eigenvalue weighted by molar-refractivity contribution is 0.126. The molecule has 24 heavy (non-hydrogen) atoms. The molecule has 0 saturated heterocycles. The summed E-state index contributed by atoms with van der Waals surface area (Å²) in [5.74, 6) is 1.65. The molecule has 5 nitrogen and oxygen atoms in total. The Balaban J connectivity index is 1.48. The molecule has 1 heterocycles. The summed E-state index contributed by atoms with van der Waals surface area (Å²) in [6.45, 7) is 2.22. The highest BCUT2D eigenvalue weighted by Crippen LogP contribution is 2.23. The Labute approximate surface area is 144 Å². The highest BCUT2D eigenvalue weighted by atomic mass is 32.2. The molecule has 0 spiro atoms. The molecule has 0 aliphatic heterocycles. The number of aryl methyl sites for hydroxylation is 1. The largest absolute Gasteiger partial charge is 0.491 e. The summed E-state index contributed by atoms with van der Waals surface area (Å²) in [6.07, 6.45) is -0.623. The molecule has 3 aromatic rings. The van der Waals surface area contributed by atoms with Crippen LogP contribution in [-0.4, -0.2) is 33.8 Å². The van der Waals surface area contributed by atoms with Crippen molar-refractivity contribution in [3.05, 3.63) is 60.2 Å². The summed E-state index contributed by atoms with van der Waals surface area (Å²) in [5.41, 5.74) is 2.00. The van der Waals surface area contributed by atoms with Crippen LogP contribution in [0, 0.1) is 6.92 Å². The van der Waals surface area contributed by atoms with Gasteiger partial charge in [0.2, 0.25) is 5.89 Å². The maximum absolute atomic E-state index is 10.0. The quantitative estimate of drug-likeness (QED) is 0.662. The van der Waals surface area contributed by atoms with Gasteiger partial charge in [-0.2, -0.15) is 0 Å². The van der Waals surface area contributed by atoms with Gasteiger partial charge in [-0.1, -0.05) is 42.1 Å². The van der Waals surface area contributed by atoms with Crippen LogP contribution in [0.1, 0.15) is 5.56 Å². The highest BCUT2D eigenvalue weighted by molar-refractivity contribution is 7.99. The Morgan fingerprint density at radius 1 is 1.12 bits per heavy atom. The lowest BCUT2D eigenvalue weighted by Crippen LogP contribution is -2.20. The normalized spacial score (nSPS) is 12.1. The lowest BCUT2D eigenvalue weighted by atomic mass is 10.2. The van der Waals surface area contributed by atoms with E-state index >= 15 is 0 Å². The third kappa shape index (κ3) is 4.59. The van der Waals surface area contributed by atoms with E-state index in [2.05, 4.69) is 10.2 Å². The van der Waals surface area contributed by atoms with Crippen molar-refractivity contribution in [3.8, 4) is 17.2 Å². The van der Waals surface area contributed by atoms with Gasteiger partial charge in [0, 0.05) is 11.3 Å². The smallest absolute Gasteiger partial charge is 0.276 e. The Hall–Kier alpha value is -2.31. The first-order valence-corrected chi connectivity index (χ1v) is 8.58.